The molecule has 1 amide bonds. The molecular formula is C16H24FNO3. The van der Waals surface area contributed by atoms with Crippen molar-refractivity contribution in [1.82, 2.24) is 4.90 Å². The van der Waals surface area contributed by atoms with E-state index in [1.54, 1.807) is 4.90 Å². The van der Waals surface area contributed by atoms with Gasteiger partial charge >= 0.3 is 5.97 Å². The van der Waals surface area contributed by atoms with Crippen molar-refractivity contribution in [3.05, 3.63) is 0 Å². The molecule has 0 radical (unpaired) electrons. The molecule has 1 saturated heterocycles. The van der Waals surface area contributed by atoms with Crippen LogP contribution in [0.4, 0.5) is 4.39 Å². The van der Waals surface area contributed by atoms with Crippen molar-refractivity contribution in [2.45, 2.75) is 51.4 Å². The van der Waals surface area contributed by atoms with Gasteiger partial charge in [0.2, 0.25) is 5.91 Å². The molecule has 0 aromatic heterocycles. The van der Waals surface area contributed by atoms with Crippen molar-refractivity contribution in [1.29, 1.82) is 0 Å². The Morgan fingerprint density at radius 2 is 1.90 bits per heavy atom. The second kappa shape index (κ2) is 5.25. The summed E-state index contributed by atoms with van der Waals surface area (Å²) in [7, 11) is 0. The first-order valence-corrected chi connectivity index (χ1v) is 8.04. The van der Waals surface area contributed by atoms with Crippen LogP contribution in [-0.4, -0.2) is 41.6 Å². The molecule has 3 fully saturated rings. The molecule has 5 heteroatoms. The highest BCUT2D eigenvalue weighted by Crippen LogP contribution is 2.53. The van der Waals surface area contributed by atoms with Crippen LogP contribution >= 0.6 is 0 Å². The monoisotopic (exact) mass is 297 g/mol. The summed E-state index contributed by atoms with van der Waals surface area (Å²) in [6, 6.07) is 0. The predicted molar refractivity (Wildman–Crippen MR) is 75.5 cm³/mol. The molecule has 0 aromatic rings. The number of carbonyl (C=O) groups is 2. The quantitative estimate of drug-likeness (QED) is 0.848. The minimum Gasteiger partial charge on any atom is -0.481 e. The fourth-order valence-corrected chi connectivity index (χ4v) is 4.66. The van der Waals surface area contributed by atoms with E-state index in [9.17, 15) is 14.0 Å². The summed E-state index contributed by atoms with van der Waals surface area (Å²) in [6.07, 6.45) is 6.01. The summed E-state index contributed by atoms with van der Waals surface area (Å²) < 4.78 is 13.3. The first kappa shape index (κ1) is 14.8. The molecule has 3 aliphatic rings. The minimum absolute atomic E-state index is 0.0420. The first-order valence-electron chi connectivity index (χ1n) is 8.04. The van der Waals surface area contributed by atoms with E-state index < -0.39 is 5.97 Å². The van der Waals surface area contributed by atoms with Gasteiger partial charge < -0.3 is 10.0 Å². The van der Waals surface area contributed by atoms with Gasteiger partial charge in [-0.05, 0) is 37.0 Å². The molecule has 0 bridgehead atoms. The molecule has 1 N–H and O–H groups in total. The van der Waals surface area contributed by atoms with Crippen molar-refractivity contribution >= 4 is 11.9 Å². The van der Waals surface area contributed by atoms with E-state index in [1.807, 2.05) is 0 Å². The lowest BCUT2D eigenvalue weighted by Crippen LogP contribution is -2.41. The standard InChI is InChI=1S/C16H24FNO3/c17-10-16-6-3-12(16)9-18(11-16)13(19)7-15(8-14(20)21)4-1-2-5-15/h12H,1-11H2,(H,20,21)/t12-,16-/m0/s1. The molecule has 1 aliphatic heterocycles. The molecule has 0 spiro atoms. The Hall–Kier alpha value is -1.13. The van der Waals surface area contributed by atoms with Gasteiger partial charge in [0.15, 0.2) is 0 Å². The number of amides is 1. The Labute approximate surface area is 124 Å². The van der Waals surface area contributed by atoms with Crippen molar-refractivity contribution in [2.24, 2.45) is 16.7 Å². The Morgan fingerprint density at radius 1 is 1.19 bits per heavy atom. The van der Waals surface area contributed by atoms with Crippen LogP contribution in [-0.2, 0) is 9.59 Å². The number of carboxylic acids is 1. The third-order valence-corrected chi connectivity index (χ3v) is 6.14. The molecule has 0 aromatic carbocycles. The molecule has 2 saturated carbocycles. The second-order valence-corrected chi connectivity index (χ2v) is 7.46. The Morgan fingerprint density at radius 3 is 2.38 bits per heavy atom. The van der Waals surface area contributed by atoms with Crippen molar-refractivity contribution in [2.75, 3.05) is 19.8 Å². The van der Waals surface area contributed by atoms with Crippen LogP contribution < -0.4 is 0 Å². The Balaban J connectivity index is 1.64. The largest absolute Gasteiger partial charge is 0.481 e. The van der Waals surface area contributed by atoms with Gasteiger partial charge in [-0.1, -0.05) is 12.8 Å². The highest BCUT2D eigenvalue weighted by Gasteiger charge is 2.54. The van der Waals surface area contributed by atoms with Crippen LogP contribution in [0.2, 0.25) is 0 Å². The van der Waals surface area contributed by atoms with E-state index in [0.29, 0.717) is 25.4 Å². The van der Waals surface area contributed by atoms with E-state index in [2.05, 4.69) is 0 Å². The summed E-state index contributed by atoms with van der Waals surface area (Å²) in [5.41, 5.74) is -0.626. The van der Waals surface area contributed by atoms with Gasteiger partial charge in [0.05, 0.1) is 13.1 Å². The van der Waals surface area contributed by atoms with Crippen molar-refractivity contribution < 1.29 is 19.1 Å². The molecule has 2 aliphatic carbocycles. The number of likely N-dealkylation sites (tertiary alicyclic amines) is 1. The minimum atomic E-state index is -0.814. The summed E-state index contributed by atoms with van der Waals surface area (Å²) in [6.45, 7) is 0.879. The van der Waals surface area contributed by atoms with Crippen molar-refractivity contribution in [3.63, 3.8) is 0 Å². The van der Waals surface area contributed by atoms with Gasteiger partial charge in [0.1, 0.15) is 0 Å². The zero-order chi connectivity index (χ0) is 15.1. The average molecular weight is 297 g/mol. The number of aliphatic carboxylic acids is 1. The van der Waals surface area contributed by atoms with E-state index in [0.717, 1.165) is 38.5 Å². The van der Waals surface area contributed by atoms with Gasteiger partial charge in [-0.2, -0.15) is 0 Å². The van der Waals surface area contributed by atoms with Gasteiger partial charge in [-0.15, -0.1) is 0 Å². The fourth-order valence-electron chi connectivity index (χ4n) is 4.66. The van der Waals surface area contributed by atoms with E-state index >= 15 is 0 Å². The molecule has 118 valence electrons. The third kappa shape index (κ3) is 2.55. The number of fused-ring (bicyclic) bond motifs is 1. The number of rotatable bonds is 5. The summed E-state index contributed by atoms with van der Waals surface area (Å²) in [5, 5.41) is 9.12. The topological polar surface area (TPSA) is 57.6 Å². The third-order valence-electron chi connectivity index (χ3n) is 6.14. The molecule has 2 atom stereocenters. The Bertz CT molecular complexity index is 443. The summed E-state index contributed by atoms with van der Waals surface area (Å²) in [5.74, 6) is -0.447. The number of hydrogen-bond donors (Lipinski definition) is 1. The highest BCUT2D eigenvalue weighted by molar-refractivity contribution is 5.79. The van der Waals surface area contributed by atoms with E-state index in [4.69, 9.17) is 5.11 Å². The highest BCUT2D eigenvalue weighted by atomic mass is 19.1. The van der Waals surface area contributed by atoms with Crippen LogP contribution in [0.15, 0.2) is 0 Å². The molecule has 4 nitrogen and oxygen atoms in total. The average Bonchev–Trinajstić information content (AvgIpc) is 2.94. The van der Waals surface area contributed by atoms with E-state index in [-0.39, 0.29) is 29.8 Å². The van der Waals surface area contributed by atoms with Crippen LogP contribution in [0.3, 0.4) is 0 Å². The zero-order valence-electron chi connectivity index (χ0n) is 12.4. The summed E-state index contributed by atoms with van der Waals surface area (Å²) in [4.78, 5) is 25.5. The first-order chi connectivity index (χ1) is 9.99. The maximum Gasteiger partial charge on any atom is 0.303 e. The number of carboxylic acid groups (broad SMARTS) is 1. The van der Waals surface area contributed by atoms with Crippen LogP contribution in [0.1, 0.15) is 51.4 Å². The Kier molecular flexibility index (Phi) is 3.70. The molecule has 3 rings (SSSR count). The summed E-state index contributed by atoms with van der Waals surface area (Å²) >= 11 is 0. The smallest absolute Gasteiger partial charge is 0.303 e. The zero-order valence-corrected chi connectivity index (χ0v) is 12.4. The van der Waals surface area contributed by atoms with Gasteiger partial charge in [0.25, 0.3) is 0 Å². The molecule has 1 heterocycles. The molecule has 0 unspecified atom stereocenters. The maximum atomic E-state index is 13.3. The number of carbonyl (C=O) groups excluding carboxylic acids is 1. The number of halogens is 1. The lowest BCUT2D eigenvalue weighted by molar-refractivity contribution is -0.141. The molecule has 21 heavy (non-hydrogen) atoms. The van der Waals surface area contributed by atoms with Gasteiger partial charge in [-0.3, -0.25) is 14.0 Å². The SMILES string of the molecule is O=C(O)CC1(CC(=O)N2C[C@@H]3CC[C@]3(CF)C2)CCCC1. The maximum absolute atomic E-state index is 13.3. The van der Waals surface area contributed by atoms with Gasteiger partial charge in [0, 0.05) is 24.9 Å². The second-order valence-electron chi connectivity index (χ2n) is 7.46. The van der Waals surface area contributed by atoms with Gasteiger partial charge in [-0.25, -0.2) is 0 Å². The van der Waals surface area contributed by atoms with Crippen molar-refractivity contribution in [3.8, 4) is 0 Å². The fraction of sp³-hybridized carbons (Fsp3) is 0.875. The lowest BCUT2D eigenvalue weighted by atomic mass is 9.63. The number of hydrogen-bond acceptors (Lipinski definition) is 2. The lowest BCUT2D eigenvalue weighted by Gasteiger charge is -2.41. The predicted octanol–water partition coefficient (Wildman–Crippen LogP) is 2.62. The van der Waals surface area contributed by atoms with Crippen LogP contribution in [0, 0.1) is 16.7 Å². The number of nitrogens with zero attached hydrogens (tertiary/aromatic N) is 1. The number of alkyl halides is 1. The van der Waals surface area contributed by atoms with E-state index in [1.165, 1.54) is 0 Å². The van der Waals surface area contributed by atoms with Crippen LogP contribution in [0.25, 0.3) is 0 Å². The molecular weight excluding hydrogens is 273 g/mol. The normalized spacial score (nSPS) is 33.6. The van der Waals surface area contributed by atoms with Crippen LogP contribution in [0.5, 0.6) is 0 Å².